The molecule has 9 heteroatoms. The van der Waals surface area contributed by atoms with Crippen molar-refractivity contribution >= 4 is 69.5 Å². The number of halogens is 1. The lowest BCUT2D eigenvalue weighted by Gasteiger charge is -2.30. The summed E-state index contributed by atoms with van der Waals surface area (Å²) in [5.74, 6) is -2.77. The molecule has 2 aromatic carbocycles. The summed E-state index contributed by atoms with van der Waals surface area (Å²) in [5, 5.41) is 6.29. The Bertz CT molecular complexity index is 991. The molecule has 3 rings (SSSR count). The second-order valence-corrected chi connectivity index (χ2v) is 7.64. The van der Waals surface area contributed by atoms with Crippen LogP contribution < -0.4 is 15.6 Å². The van der Waals surface area contributed by atoms with Crippen LogP contribution in [0.3, 0.4) is 0 Å². The zero-order valence-corrected chi connectivity index (χ0v) is 17.7. The lowest BCUT2D eigenvalue weighted by Crippen LogP contribution is -2.58. The molecule has 0 unspecified atom stereocenters. The maximum atomic E-state index is 12.8. The number of carbonyl (C=O) groups excluding carboxylic acids is 3. The van der Waals surface area contributed by atoms with Crippen LogP contribution in [0.15, 0.2) is 53.6 Å². The molecule has 1 aliphatic rings. The molecule has 1 fully saturated rings. The third kappa shape index (κ3) is 4.42. The van der Waals surface area contributed by atoms with Crippen molar-refractivity contribution in [2.75, 3.05) is 4.90 Å². The van der Waals surface area contributed by atoms with E-state index in [0.717, 1.165) is 15.3 Å². The van der Waals surface area contributed by atoms with E-state index in [-0.39, 0.29) is 5.11 Å². The van der Waals surface area contributed by atoms with Crippen molar-refractivity contribution in [3.05, 3.63) is 63.2 Å². The molecule has 1 heterocycles. The monoisotopic (exact) mass is 506 g/mol. The van der Waals surface area contributed by atoms with E-state index in [2.05, 4.69) is 38.4 Å². The van der Waals surface area contributed by atoms with Gasteiger partial charge in [0.2, 0.25) is 5.91 Å². The molecule has 7 nitrogen and oxygen atoms in total. The highest BCUT2D eigenvalue weighted by Gasteiger charge is 2.38. The summed E-state index contributed by atoms with van der Waals surface area (Å²) < 4.78 is 0.901. The number of rotatable bonds is 4. The van der Waals surface area contributed by atoms with Crippen molar-refractivity contribution in [2.45, 2.75) is 6.92 Å². The Balaban J connectivity index is 1.75. The summed E-state index contributed by atoms with van der Waals surface area (Å²) in [4.78, 5) is 38.4. The fourth-order valence-electron chi connectivity index (χ4n) is 2.52. The lowest BCUT2D eigenvalue weighted by atomic mass is 10.1. The van der Waals surface area contributed by atoms with Crippen LogP contribution in [0.1, 0.15) is 15.9 Å². The number of amides is 3. The molecule has 0 aromatic heterocycles. The van der Waals surface area contributed by atoms with Gasteiger partial charge in [0.1, 0.15) is 0 Å². The second kappa shape index (κ2) is 8.57. The number of benzene rings is 2. The molecular formula is C19H15IN4O3S. The van der Waals surface area contributed by atoms with Crippen LogP contribution in [-0.4, -0.2) is 29.0 Å². The van der Waals surface area contributed by atoms with Gasteiger partial charge in [0, 0.05) is 15.3 Å². The molecule has 0 spiro atoms. The van der Waals surface area contributed by atoms with E-state index in [1.807, 2.05) is 25.1 Å². The van der Waals surface area contributed by atoms with Crippen molar-refractivity contribution < 1.29 is 14.4 Å². The summed E-state index contributed by atoms with van der Waals surface area (Å²) in [6.07, 6.45) is 1.10. The Kier molecular flexibility index (Phi) is 6.15. The van der Waals surface area contributed by atoms with Gasteiger partial charge in [0.25, 0.3) is 11.8 Å². The first kappa shape index (κ1) is 20.1. The van der Waals surface area contributed by atoms with Crippen molar-refractivity contribution in [2.24, 2.45) is 11.0 Å². The zero-order chi connectivity index (χ0) is 20.3. The zero-order valence-electron chi connectivity index (χ0n) is 14.7. The highest BCUT2D eigenvalue weighted by molar-refractivity contribution is 14.1. The summed E-state index contributed by atoms with van der Waals surface area (Å²) in [7, 11) is 0. The van der Waals surface area contributed by atoms with Crippen molar-refractivity contribution in [3.8, 4) is 0 Å². The topological polar surface area (TPSA) is 90.9 Å². The highest BCUT2D eigenvalue weighted by atomic mass is 127. The van der Waals surface area contributed by atoms with Crippen molar-refractivity contribution in [1.29, 1.82) is 0 Å². The normalized spacial score (nSPS) is 17.0. The van der Waals surface area contributed by atoms with Gasteiger partial charge in [-0.1, -0.05) is 23.8 Å². The predicted molar refractivity (Wildman–Crippen MR) is 118 cm³/mol. The Hall–Kier alpha value is -2.66. The van der Waals surface area contributed by atoms with Crippen molar-refractivity contribution in [1.82, 2.24) is 10.7 Å². The minimum absolute atomic E-state index is 0.00593. The van der Waals surface area contributed by atoms with Crippen LogP contribution in [0.4, 0.5) is 5.69 Å². The number of aryl methyl sites for hydroxylation is 1. The number of hydrazone groups is 1. The Morgan fingerprint density at radius 3 is 2.64 bits per heavy atom. The average Bonchev–Trinajstić information content (AvgIpc) is 2.65. The fraction of sp³-hybridized carbons (Fsp3) is 0.105. The molecule has 28 heavy (non-hydrogen) atoms. The van der Waals surface area contributed by atoms with E-state index in [1.165, 1.54) is 4.90 Å². The van der Waals surface area contributed by atoms with Gasteiger partial charge in [-0.15, -0.1) is 0 Å². The molecule has 142 valence electrons. The van der Waals surface area contributed by atoms with Gasteiger partial charge in [-0.25, -0.2) is 5.43 Å². The van der Waals surface area contributed by atoms with Gasteiger partial charge >= 0.3 is 0 Å². The maximum absolute atomic E-state index is 12.8. The molecule has 0 bridgehead atoms. The lowest BCUT2D eigenvalue weighted by molar-refractivity contribution is -0.130. The first-order valence-corrected chi connectivity index (χ1v) is 9.70. The van der Waals surface area contributed by atoms with Gasteiger partial charge in [-0.3, -0.25) is 19.3 Å². The van der Waals surface area contributed by atoms with Crippen LogP contribution in [0, 0.1) is 16.4 Å². The van der Waals surface area contributed by atoms with Crippen LogP contribution in [0.25, 0.3) is 0 Å². The number of thiocarbonyl (C=S) groups is 1. The number of carbonyl (C=O) groups is 3. The van der Waals surface area contributed by atoms with E-state index in [1.54, 1.807) is 30.3 Å². The molecule has 2 N–H and O–H groups in total. The van der Waals surface area contributed by atoms with Crippen LogP contribution in [0.2, 0.25) is 0 Å². The van der Waals surface area contributed by atoms with Crippen LogP contribution in [-0.2, 0) is 9.59 Å². The van der Waals surface area contributed by atoms with E-state index in [0.29, 0.717) is 11.3 Å². The molecule has 1 saturated heterocycles. The fourth-order valence-corrected chi connectivity index (χ4v) is 3.36. The Morgan fingerprint density at radius 2 is 1.96 bits per heavy atom. The molecule has 3 amide bonds. The Labute approximate surface area is 180 Å². The minimum Gasteiger partial charge on any atom is -0.301 e. The highest BCUT2D eigenvalue weighted by Crippen LogP contribution is 2.20. The minimum atomic E-state index is -1.20. The molecule has 0 saturated carbocycles. The standard InChI is InChI=1S/C19H15IN4O3S/c1-11-5-7-14(8-6-11)24-18(27)15(17(26)22-19(24)28)10-21-23-16(25)12-3-2-4-13(20)9-12/h2-10,15H,1H3,(H,23,25)(H,22,26,28)/b21-10+/t15-/m0/s1. The molecule has 1 aliphatic heterocycles. The van der Waals surface area contributed by atoms with E-state index < -0.39 is 23.6 Å². The number of nitrogens with one attached hydrogen (secondary N) is 2. The number of nitrogens with zero attached hydrogens (tertiary/aromatic N) is 2. The molecular weight excluding hydrogens is 491 g/mol. The summed E-state index contributed by atoms with van der Waals surface area (Å²) in [6.45, 7) is 1.92. The van der Waals surface area contributed by atoms with Gasteiger partial charge in [0.15, 0.2) is 11.0 Å². The largest absolute Gasteiger partial charge is 0.301 e. The smallest absolute Gasteiger partial charge is 0.271 e. The summed E-state index contributed by atoms with van der Waals surface area (Å²) >= 11 is 7.23. The average molecular weight is 506 g/mol. The van der Waals surface area contributed by atoms with E-state index in [9.17, 15) is 14.4 Å². The van der Waals surface area contributed by atoms with E-state index >= 15 is 0 Å². The SMILES string of the molecule is Cc1ccc(N2C(=O)[C@@H](/C=N/NC(=O)c3cccc(I)c3)C(=O)NC2=S)cc1. The maximum Gasteiger partial charge on any atom is 0.271 e. The van der Waals surface area contributed by atoms with E-state index in [4.69, 9.17) is 12.2 Å². The summed E-state index contributed by atoms with van der Waals surface area (Å²) in [6, 6.07) is 14.1. The van der Waals surface area contributed by atoms with Gasteiger partial charge in [0.05, 0.1) is 5.69 Å². The van der Waals surface area contributed by atoms with Crippen LogP contribution in [0.5, 0.6) is 0 Å². The predicted octanol–water partition coefficient (Wildman–Crippen LogP) is 2.38. The molecule has 1 atom stereocenters. The van der Waals surface area contributed by atoms with Gasteiger partial charge < -0.3 is 5.32 Å². The van der Waals surface area contributed by atoms with Gasteiger partial charge in [-0.05, 0) is 72.1 Å². The number of hydrogen-bond donors (Lipinski definition) is 2. The molecule has 2 aromatic rings. The number of hydrogen-bond acceptors (Lipinski definition) is 5. The number of anilines is 1. The third-order valence-corrected chi connectivity index (χ3v) is 4.93. The Morgan fingerprint density at radius 1 is 1.25 bits per heavy atom. The first-order valence-electron chi connectivity index (χ1n) is 8.21. The van der Waals surface area contributed by atoms with Crippen molar-refractivity contribution in [3.63, 3.8) is 0 Å². The first-order chi connectivity index (χ1) is 13.4. The molecule has 0 aliphatic carbocycles. The van der Waals surface area contributed by atoms with Crippen LogP contribution >= 0.6 is 34.8 Å². The summed E-state index contributed by atoms with van der Waals surface area (Å²) in [5.41, 5.74) is 4.32. The molecule has 0 radical (unpaired) electrons. The van der Waals surface area contributed by atoms with Gasteiger partial charge in [-0.2, -0.15) is 5.10 Å². The second-order valence-electron chi connectivity index (χ2n) is 6.01. The quantitative estimate of drug-likeness (QED) is 0.219. The third-order valence-electron chi connectivity index (χ3n) is 3.97.